The molecule has 3 rings (SSSR count). The van der Waals surface area contributed by atoms with Crippen molar-refractivity contribution in [3.05, 3.63) is 70.7 Å². The van der Waals surface area contributed by atoms with E-state index in [1.54, 1.807) is 0 Å². The van der Waals surface area contributed by atoms with E-state index in [9.17, 15) is 9.59 Å². The minimum absolute atomic E-state index is 0.0192. The van der Waals surface area contributed by atoms with Crippen LogP contribution < -0.4 is 10.6 Å². The molecule has 2 aromatic rings. The van der Waals surface area contributed by atoms with Crippen LogP contribution in [-0.4, -0.2) is 43.4 Å². The van der Waals surface area contributed by atoms with E-state index in [0.29, 0.717) is 11.6 Å². The number of hydrogen-bond donors (Lipinski definition) is 2. The van der Waals surface area contributed by atoms with Gasteiger partial charge in [-0.25, -0.2) is 0 Å². The van der Waals surface area contributed by atoms with Gasteiger partial charge in [0, 0.05) is 36.0 Å². The number of nitrogens with one attached hydrogen (secondary N) is 2. The molecule has 1 aliphatic carbocycles. The van der Waals surface area contributed by atoms with Gasteiger partial charge >= 0.3 is 0 Å². The number of amides is 2. The van der Waals surface area contributed by atoms with E-state index < -0.39 is 0 Å². The molecule has 2 N–H and O–H groups in total. The molecule has 2 amide bonds. The number of rotatable bonds is 9. The lowest BCUT2D eigenvalue weighted by Crippen LogP contribution is -2.48. The Labute approximate surface area is 196 Å². The number of nitrogens with zero attached hydrogens (tertiary/aromatic N) is 1. The molecule has 6 heteroatoms. The summed E-state index contributed by atoms with van der Waals surface area (Å²) < 4.78 is 0. The van der Waals surface area contributed by atoms with E-state index in [0.717, 1.165) is 37.7 Å². The van der Waals surface area contributed by atoms with Crippen LogP contribution in [0.25, 0.3) is 0 Å². The predicted molar refractivity (Wildman–Crippen MR) is 130 cm³/mol. The van der Waals surface area contributed by atoms with E-state index in [-0.39, 0.29) is 36.2 Å². The van der Waals surface area contributed by atoms with Crippen LogP contribution in [0, 0.1) is 0 Å². The summed E-state index contributed by atoms with van der Waals surface area (Å²) >= 11 is 5.98. The first kappa shape index (κ1) is 24.3. The monoisotopic (exact) mass is 455 g/mol. The molecule has 0 aromatic heterocycles. The third-order valence-electron chi connectivity index (χ3n) is 6.55. The van der Waals surface area contributed by atoms with Crippen molar-refractivity contribution in [1.29, 1.82) is 0 Å². The lowest BCUT2D eigenvalue weighted by molar-refractivity contribution is -0.127. The molecule has 1 aliphatic rings. The SMILES string of the molecule is CN(C)C1(c2ccccc2)CCC(NC(=O)CCC(=O)NCCc2cccc(Cl)c2)CC1. The van der Waals surface area contributed by atoms with Gasteiger partial charge in [0.1, 0.15) is 0 Å². The Hall–Kier alpha value is -2.37. The van der Waals surface area contributed by atoms with Crippen molar-refractivity contribution in [2.45, 2.75) is 56.5 Å². The fourth-order valence-corrected chi connectivity index (χ4v) is 4.85. The number of carbonyl (C=O) groups excluding carboxylic acids is 2. The van der Waals surface area contributed by atoms with Gasteiger partial charge in [0.25, 0.3) is 0 Å². The highest BCUT2D eigenvalue weighted by Crippen LogP contribution is 2.41. The molecule has 2 aromatic carbocycles. The first-order valence-corrected chi connectivity index (χ1v) is 11.8. The van der Waals surface area contributed by atoms with Crippen molar-refractivity contribution in [1.82, 2.24) is 15.5 Å². The van der Waals surface area contributed by atoms with Crippen LogP contribution in [-0.2, 0) is 21.5 Å². The molecule has 0 atom stereocenters. The lowest BCUT2D eigenvalue weighted by Gasteiger charge is -2.45. The van der Waals surface area contributed by atoms with Crippen molar-refractivity contribution in [2.75, 3.05) is 20.6 Å². The standard InChI is InChI=1S/C26H34ClN3O2/c1-30(2)26(21-8-4-3-5-9-21)16-13-23(14-17-26)29-25(32)12-11-24(31)28-18-15-20-7-6-10-22(27)19-20/h3-10,19,23H,11-18H2,1-2H3,(H,28,31)(H,29,32). The summed E-state index contributed by atoms with van der Waals surface area (Å²) in [5.74, 6) is -0.140. The number of carbonyl (C=O) groups is 2. The van der Waals surface area contributed by atoms with Crippen LogP contribution in [0.3, 0.4) is 0 Å². The van der Waals surface area contributed by atoms with Crippen molar-refractivity contribution < 1.29 is 9.59 Å². The van der Waals surface area contributed by atoms with Crippen LogP contribution in [0.1, 0.15) is 49.7 Å². The molecule has 0 saturated heterocycles. The summed E-state index contributed by atoms with van der Waals surface area (Å²) in [4.78, 5) is 26.8. The fraction of sp³-hybridized carbons (Fsp3) is 0.462. The van der Waals surface area contributed by atoms with Gasteiger partial charge in [-0.05, 0) is 69.5 Å². The molecule has 0 unspecified atom stereocenters. The number of benzene rings is 2. The van der Waals surface area contributed by atoms with E-state index in [4.69, 9.17) is 11.6 Å². The van der Waals surface area contributed by atoms with Crippen molar-refractivity contribution >= 4 is 23.4 Å². The average molecular weight is 456 g/mol. The molecule has 32 heavy (non-hydrogen) atoms. The first-order valence-electron chi connectivity index (χ1n) is 11.4. The molecular formula is C26H34ClN3O2. The van der Waals surface area contributed by atoms with Crippen LogP contribution in [0.4, 0.5) is 0 Å². The Morgan fingerprint density at radius 2 is 1.69 bits per heavy atom. The predicted octanol–water partition coefficient (Wildman–Crippen LogP) is 4.29. The molecule has 172 valence electrons. The molecule has 0 bridgehead atoms. The Balaban J connectivity index is 1.38. The minimum atomic E-state index is -0.0958. The molecular weight excluding hydrogens is 422 g/mol. The normalized spacial score (nSPS) is 20.7. The topological polar surface area (TPSA) is 61.4 Å². The molecule has 0 aliphatic heterocycles. The summed E-state index contributed by atoms with van der Waals surface area (Å²) in [5.41, 5.74) is 2.44. The third-order valence-corrected chi connectivity index (χ3v) is 6.78. The Morgan fingerprint density at radius 1 is 1.00 bits per heavy atom. The van der Waals surface area contributed by atoms with Gasteiger partial charge in [-0.15, -0.1) is 0 Å². The van der Waals surface area contributed by atoms with Crippen LogP contribution >= 0.6 is 11.6 Å². The van der Waals surface area contributed by atoms with E-state index in [2.05, 4.69) is 53.9 Å². The van der Waals surface area contributed by atoms with E-state index >= 15 is 0 Å². The van der Waals surface area contributed by atoms with Gasteiger partial charge in [-0.2, -0.15) is 0 Å². The van der Waals surface area contributed by atoms with Gasteiger partial charge in [0.05, 0.1) is 0 Å². The molecule has 1 fully saturated rings. The van der Waals surface area contributed by atoms with E-state index in [1.165, 1.54) is 5.56 Å². The highest BCUT2D eigenvalue weighted by Gasteiger charge is 2.38. The number of halogens is 1. The van der Waals surface area contributed by atoms with Gasteiger partial charge in [0.15, 0.2) is 0 Å². The molecule has 5 nitrogen and oxygen atoms in total. The first-order chi connectivity index (χ1) is 15.4. The highest BCUT2D eigenvalue weighted by molar-refractivity contribution is 6.30. The number of hydrogen-bond acceptors (Lipinski definition) is 3. The maximum atomic E-state index is 12.4. The van der Waals surface area contributed by atoms with Crippen LogP contribution in [0.15, 0.2) is 54.6 Å². The molecule has 0 radical (unpaired) electrons. The Bertz CT molecular complexity index is 893. The van der Waals surface area contributed by atoms with E-state index in [1.807, 2.05) is 30.3 Å². The summed E-state index contributed by atoms with van der Waals surface area (Å²) in [7, 11) is 4.27. The summed E-state index contributed by atoms with van der Waals surface area (Å²) in [6, 6.07) is 18.4. The van der Waals surface area contributed by atoms with Crippen molar-refractivity contribution in [3.63, 3.8) is 0 Å². The van der Waals surface area contributed by atoms with Gasteiger partial charge in [-0.1, -0.05) is 54.1 Å². The molecule has 0 heterocycles. The van der Waals surface area contributed by atoms with Crippen molar-refractivity contribution in [3.8, 4) is 0 Å². The zero-order chi connectivity index (χ0) is 23.0. The largest absolute Gasteiger partial charge is 0.356 e. The summed E-state index contributed by atoms with van der Waals surface area (Å²) in [6.45, 7) is 0.537. The Kier molecular flexibility index (Phi) is 8.71. The minimum Gasteiger partial charge on any atom is -0.356 e. The second-order valence-corrected chi connectivity index (χ2v) is 9.30. The van der Waals surface area contributed by atoms with Crippen molar-refractivity contribution in [2.24, 2.45) is 0 Å². The zero-order valence-corrected chi connectivity index (χ0v) is 19.8. The maximum absolute atomic E-state index is 12.4. The van der Waals surface area contributed by atoms with Gasteiger partial charge in [-0.3, -0.25) is 14.5 Å². The van der Waals surface area contributed by atoms with Gasteiger partial charge in [0.2, 0.25) is 11.8 Å². The van der Waals surface area contributed by atoms with Crippen LogP contribution in [0.5, 0.6) is 0 Å². The summed E-state index contributed by atoms with van der Waals surface area (Å²) in [5, 5.41) is 6.72. The third kappa shape index (κ3) is 6.57. The molecule has 0 spiro atoms. The second-order valence-electron chi connectivity index (χ2n) is 8.86. The quantitative estimate of drug-likeness (QED) is 0.592. The lowest BCUT2D eigenvalue weighted by atomic mass is 9.74. The van der Waals surface area contributed by atoms with Crippen LogP contribution in [0.2, 0.25) is 5.02 Å². The smallest absolute Gasteiger partial charge is 0.220 e. The average Bonchev–Trinajstić information content (AvgIpc) is 2.79. The highest BCUT2D eigenvalue weighted by atomic mass is 35.5. The Morgan fingerprint density at radius 3 is 2.34 bits per heavy atom. The van der Waals surface area contributed by atoms with Gasteiger partial charge < -0.3 is 10.6 Å². The fourth-order valence-electron chi connectivity index (χ4n) is 4.64. The molecule has 1 saturated carbocycles. The summed E-state index contributed by atoms with van der Waals surface area (Å²) in [6.07, 6.45) is 5.01. The zero-order valence-electron chi connectivity index (χ0n) is 19.1. The maximum Gasteiger partial charge on any atom is 0.220 e. The second kappa shape index (κ2) is 11.5.